The maximum atomic E-state index is 12.6. The van der Waals surface area contributed by atoms with Crippen molar-refractivity contribution in [2.75, 3.05) is 6.54 Å². The van der Waals surface area contributed by atoms with Crippen LogP contribution in [0, 0.1) is 5.92 Å². The minimum atomic E-state index is -0.748. The molecule has 0 aliphatic heterocycles. The summed E-state index contributed by atoms with van der Waals surface area (Å²) >= 11 is 0. The predicted molar refractivity (Wildman–Crippen MR) is 93.5 cm³/mol. The summed E-state index contributed by atoms with van der Waals surface area (Å²) in [7, 11) is 0. The molecule has 1 aromatic carbocycles. The Bertz CT molecular complexity index is 545. The zero-order valence-corrected chi connectivity index (χ0v) is 14.8. The van der Waals surface area contributed by atoms with Crippen LogP contribution in [0.25, 0.3) is 0 Å². The lowest BCUT2D eigenvalue weighted by Gasteiger charge is -2.24. The highest BCUT2D eigenvalue weighted by Crippen LogP contribution is 2.24. The number of alkyl carbamates (subject to hydrolysis) is 1. The fraction of sp³-hybridized carbons (Fsp3) is 0.579. The molecular formula is C19H28N2O3. The van der Waals surface area contributed by atoms with Crippen LogP contribution in [0.4, 0.5) is 4.79 Å². The highest BCUT2D eigenvalue weighted by atomic mass is 16.6. The number of rotatable bonds is 5. The molecule has 5 heteroatoms. The smallest absolute Gasteiger partial charge is 0.408 e. The van der Waals surface area contributed by atoms with E-state index in [2.05, 4.69) is 10.6 Å². The van der Waals surface area contributed by atoms with E-state index in [1.165, 1.54) is 12.8 Å². The molecule has 1 atom stereocenters. The first-order chi connectivity index (χ1) is 11.3. The van der Waals surface area contributed by atoms with Crippen molar-refractivity contribution in [2.45, 2.75) is 58.1 Å². The van der Waals surface area contributed by atoms with E-state index < -0.39 is 17.7 Å². The molecular weight excluding hydrogens is 304 g/mol. The summed E-state index contributed by atoms with van der Waals surface area (Å²) in [6.07, 6.45) is 4.20. The predicted octanol–water partition coefficient (Wildman–Crippen LogP) is 3.56. The SMILES string of the molecule is CC(C)(C)OC(=O)NC(C(=O)NCC1CCCC1)c1ccccc1. The van der Waals surface area contributed by atoms with Crippen LogP contribution in [0.3, 0.4) is 0 Å². The third kappa shape index (κ3) is 5.87. The summed E-state index contributed by atoms with van der Waals surface area (Å²) in [5.74, 6) is 0.353. The van der Waals surface area contributed by atoms with E-state index in [0.29, 0.717) is 12.5 Å². The molecule has 1 fully saturated rings. The van der Waals surface area contributed by atoms with Crippen molar-refractivity contribution in [3.63, 3.8) is 0 Å². The van der Waals surface area contributed by atoms with E-state index in [4.69, 9.17) is 4.74 Å². The van der Waals surface area contributed by atoms with Gasteiger partial charge in [0.15, 0.2) is 0 Å². The summed E-state index contributed by atoms with van der Waals surface area (Å²) in [6.45, 7) is 6.05. The Kier molecular flexibility index (Phi) is 6.23. The first-order valence-corrected chi connectivity index (χ1v) is 8.67. The van der Waals surface area contributed by atoms with Crippen LogP contribution >= 0.6 is 0 Å². The molecule has 1 aliphatic carbocycles. The average molecular weight is 332 g/mol. The van der Waals surface area contributed by atoms with Gasteiger partial charge in [-0.3, -0.25) is 4.79 Å². The minimum Gasteiger partial charge on any atom is -0.444 e. The summed E-state index contributed by atoms with van der Waals surface area (Å²) < 4.78 is 5.29. The van der Waals surface area contributed by atoms with Crippen LogP contribution in [0.2, 0.25) is 0 Å². The number of carbonyl (C=O) groups is 2. The summed E-state index contributed by atoms with van der Waals surface area (Å²) in [5.41, 5.74) is 0.137. The fourth-order valence-electron chi connectivity index (χ4n) is 2.93. The number of carbonyl (C=O) groups excluding carboxylic acids is 2. The van der Waals surface area contributed by atoms with Gasteiger partial charge in [0.05, 0.1) is 0 Å². The number of nitrogens with one attached hydrogen (secondary N) is 2. The second kappa shape index (κ2) is 8.18. The lowest BCUT2D eigenvalue weighted by Crippen LogP contribution is -2.43. The Balaban J connectivity index is 2.02. The maximum Gasteiger partial charge on any atom is 0.408 e. The monoisotopic (exact) mass is 332 g/mol. The van der Waals surface area contributed by atoms with Gasteiger partial charge in [-0.25, -0.2) is 4.79 Å². The Morgan fingerprint density at radius 3 is 2.38 bits per heavy atom. The maximum absolute atomic E-state index is 12.6. The van der Waals surface area contributed by atoms with Crippen molar-refractivity contribution in [1.82, 2.24) is 10.6 Å². The quantitative estimate of drug-likeness (QED) is 0.866. The summed E-state index contributed by atoms with van der Waals surface area (Å²) in [6, 6.07) is 8.49. The molecule has 2 rings (SSSR count). The molecule has 2 amide bonds. The van der Waals surface area contributed by atoms with E-state index in [1.807, 2.05) is 30.3 Å². The second-order valence-corrected chi connectivity index (χ2v) is 7.39. The molecule has 132 valence electrons. The van der Waals surface area contributed by atoms with Gasteiger partial charge in [0.1, 0.15) is 11.6 Å². The van der Waals surface area contributed by atoms with Crippen LogP contribution in [0.15, 0.2) is 30.3 Å². The van der Waals surface area contributed by atoms with Crippen molar-refractivity contribution < 1.29 is 14.3 Å². The Morgan fingerprint density at radius 2 is 1.79 bits per heavy atom. The van der Waals surface area contributed by atoms with Gasteiger partial charge < -0.3 is 15.4 Å². The van der Waals surface area contributed by atoms with Crippen molar-refractivity contribution in [3.05, 3.63) is 35.9 Å². The first kappa shape index (κ1) is 18.3. The molecule has 5 nitrogen and oxygen atoms in total. The van der Waals surface area contributed by atoms with Crippen molar-refractivity contribution in [1.29, 1.82) is 0 Å². The van der Waals surface area contributed by atoms with Gasteiger partial charge in [-0.15, -0.1) is 0 Å². The summed E-state index contributed by atoms with van der Waals surface area (Å²) in [4.78, 5) is 24.7. The first-order valence-electron chi connectivity index (χ1n) is 8.67. The molecule has 1 unspecified atom stereocenters. The zero-order valence-electron chi connectivity index (χ0n) is 14.8. The number of hydrogen-bond donors (Lipinski definition) is 2. The number of hydrogen-bond acceptors (Lipinski definition) is 3. The zero-order chi connectivity index (χ0) is 17.6. The molecule has 2 N–H and O–H groups in total. The van der Waals surface area contributed by atoms with Crippen molar-refractivity contribution >= 4 is 12.0 Å². The standard InChI is InChI=1S/C19H28N2O3/c1-19(2,3)24-18(23)21-16(15-11-5-4-6-12-15)17(22)20-13-14-9-7-8-10-14/h4-6,11-12,14,16H,7-10,13H2,1-3H3,(H,20,22)(H,21,23). The Labute approximate surface area is 144 Å². The van der Waals surface area contributed by atoms with Gasteiger partial charge in [0.25, 0.3) is 0 Å². The average Bonchev–Trinajstić information content (AvgIpc) is 3.03. The topological polar surface area (TPSA) is 67.4 Å². The molecule has 1 aliphatic rings. The molecule has 0 heterocycles. The summed E-state index contributed by atoms with van der Waals surface area (Å²) in [5, 5.41) is 5.67. The number of ether oxygens (including phenoxy) is 1. The lowest BCUT2D eigenvalue weighted by atomic mass is 10.1. The Morgan fingerprint density at radius 1 is 1.17 bits per heavy atom. The van der Waals surface area contributed by atoms with Gasteiger partial charge >= 0.3 is 6.09 Å². The van der Waals surface area contributed by atoms with Crippen LogP contribution in [-0.4, -0.2) is 24.1 Å². The van der Waals surface area contributed by atoms with Gasteiger partial charge in [0, 0.05) is 6.54 Å². The normalized spacial score (nSPS) is 16.5. The molecule has 1 saturated carbocycles. The Hall–Kier alpha value is -2.04. The van der Waals surface area contributed by atoms with Crippen LogP contribution in [0.5, 0.6) is 0 Å². The fourth-order valence-corrected chi connectivity index (χ4v) is 2.93. The van der Waals surface area contributed by atoms with Gasteiger partial charge in [0.2, 0.25) is 5.91 Å². The van der Waals surface area contributed by atoms with E-state index in [-0.39, 0.29) is 5.91 Å². The third-order valence-electron chi connectivity index (χ3n) is 4.10. The highest BCUT2D eigenvalue weighted by molar-refractivity contribution is 5.86. The second-order valence-electron chi connectivity index (χ2n) is 7.39. The van der Waals surface area contributed by atoms with E-state index in [9.17, 15) is 9.59 Å². The van der Waals surface area contributed by atoms with Crippen molar-refractivity contribution in [2.24, 2.45) is 5.92 Å². The van der Waals surface area contributed by atoms with Crippen LogP contribution in [-0.2, 0) is 9.53 Å². The molecule has 0 spiro atoms. The highest BCUT2D eigenvalue weighted by Gasteiger charge is 2.26. The molecule has 1 aromatic rings. The van der Waals surface area contributed by atoms with Gasteiger partial charge in [-0.2, -0.15) is 0 Å². The van der Waals surface area contributed by atoms with E-state index >= 15 is 0 Å². The van der Waals surface area contributed by atoms with Crippen LogP contribution in [0.1, 0.15) is 58.1 Å². The number of benzene rings is 1. The number of amides is 2. The lowest BCUT2D eigenvalue weighted by molar-refractivity contribution is -0.123. The van der Waals surface area contributed by atoms with Gasteiger partial charge in [-0.05, 0) is 45.1 Å². The van der Waals surface area contributed by atoms with Gasteiger partial charge in [-0.1, -0.05) is 43.2 Å². The van der Waals surface area contributed by atoms with E-state index in [1.54, 1.807) is 20.8 Å². The minimum absolute atomic E-state index is 0.195. The molecule has 0 bridgehead atoms. The molecule has 0 aromatic heterocycles. The van der Waals surface area contributed by atoms with Crippen LogP contribution < -0.4 is 10.6 Å². The third-order valence-corrected chi connectivity index (χ3v) is 4.10. The van der Waals surface area contributed by atoms with Crippen molar-refractivity contribution in [3.8, 4) is 0 Å². The molecule has 0 radical (unpaired) electrons. The van der Waals surface area contributed by atoms with E-state index in [0.717, 1.165) is 18.4 Å². The largest absolute Gasteiger partial charge is 0.444 e. The molecule has 24 heavy (non-hydrogen) atoms. The molecule has 0 saturated heterocycles.